The second kappa shape index (κ2) is 57.5. The van der Waals surface area contributed by atoms with E-state index in [4.69, 9.17) is 19.9 Å². The maximum Gasteiger partial charge on any atom is 0.0802 e. The van der Waals surface area contributed by atoms with Gasteiger partial charge in [0, 0.05) is 129 Å². The topological polar surface area (TPSA) is 103 Å². The van der Waals surface area contributed by atoms with Crippen LogP contribution in [-0.2, 0) is 106 Å². The molecule has 0 spiro atoms. The summed E-state index contributed by atoms with van der Waals surface area (Å²) in [6, 6.07) is 123. The van der Waals surface area contributed by atoms with Gasteiger partial charge in [-0.05, 0) is 197 Å². The van der Waals surface area contributed by atoms with E-state index in [9.17, 15) is 0 Å². The summed E-state index contributed by atoms with van der Waals surface area (Å²) in [5, 5.41) is 6.19. The van der Waals surface area contributed by atoms with Crippen molar-refractivity contribution in [3.05, 3.63) is 411 Å². The summed E-state index contributed by atoms with van der Waals surface area (Å²) in [6.45, 7) is 33.6. The Morgan fingerprint density at radius 3 is 0.762 bits per heavy atom. The molecule has 143 heavy (non-hydrogen) atoms. The van der Waals surface area contributed by atoms with Crippen LogP contribution in [0.3, 0.4) is 0 Å². The zero-order valence-electron chi connectivity index (χ0n) is 85.9. The maximum atomic E-state index is 4.86. The Morgan fingerprint density at radius 1 is 0.266 bits per heavy atom. The van der Waals surface area contributed by atoms with E-state index in [0.717, 1.165) is 138 Å². The van der Waals surface area contributed by atoms with Crippen molar-refractivity contribution in [1.82, 2.24) is 39.9 Å². The van der Waals surface area contributed by atoms with Gasteiger partial charge in [-0.2, -0.15) is 0 Å². The molecule has 748 valence electrons. The summed E-state index contributed by atoms with van der Waals surface area (Å²) >= 11 is 0. The van der Waals surface area contributed by atoms with E-state index in [1.165, 1.54) is 119 Å². The van der Waals surface area contributed by atoms with Gasteiger partial charge in [0.25, 0.3) is 0 Å². The fourth-order valence-electron chi connectivity index (χ4n) is 21.0. The molecule has 6 saturated carbocycles. The van der Waals surface area contributed by atoms with Crippen molar-refractivity contribution in [2.75, 3.05) is 0 Å². The molecule has 0 N–H and O–H groups in total. The van der Waals surface area contributed by atoms with Gasteiger partial charge in [-0.3, -0.25) is 0 Å². The number of aryl methyl sites for hydroxylation is 2. The molecule has 16 aromatic rings. The average molecular weight is 2660 g/mol. The molecule has 8 nitrogen and oxygen atoms in total. The van der Waals surface area contributed by atoms with Crippen molar-refractivity contribution in [2.45, 2.75) is 208 Å². The first kappa shape index (κ1) is 115. The third-order valence-electron chi connectivity index (χ3n) is 27.4. The van der Waals surface area contributed by atoms with E-state index in [2.05, 4.69) is 246 Å². The van der Waals surface area contributed by atoms with E-state index in [1.807, 2.05) is 224 Å². The minimum Gasteiger partial charge on any atom is -0.305 e. The summed E-state index contributed by atoms with van der Waals surface area (Å²) in [4.78, 5) is 36.1. The van der Waals surface area contributed by atoms with Gasteiger partial charge < -0.3 is 39.9 Å². The molecule has 0 aliphatic heterocycles. The van der Waals surface area contributed by atoms with E-state index >= 15 is 0 Å². The predicted molar refractivity (Wildman–Crippen MR) is 594 cm³/mol. The first-order chi connectivity index (χ1) is 67.3. The quantitative estimate of drug-likeness (QED) is 0.0583. The molecule has 0 unspecified atom stereocenters. The first-order valence-electron chi connectivity index (χ1n) is 50.7. The number of benzene rings is 8. The molecule has 6 aliphatic rings. The standard InChI is InChI=1S/C25H32NSi.C21H28NSi.C20H26NSi.C17H22NSi.4C11H8N.4Ir/c1-27(2,3)25-16-26-24(19-7-5-4-6-8-19)15-22(25)14-23-20-10-17-9-18(12-20)13-21(23)11-17;1-23(2,3)21-16-22-20(18-12-8-5-9-13-18)15-19(21)14-17-10-6-4-7-11-17;1-22(2,3)20-15-21-19(17-11-5-4-6-12-17)14-18(20)13-16-9-7-8-10-16;1-6-14-12-16(15-10-8-7-9-11-15)18-13(2)17(14)19(3,4)5;4*1-2-6-10(7-3-1)11-8-4-5-9-12-11;;;;/h4-7,15-18,20-21,23H,9-14H2,1-3H3;5,8-9,12,15-17H,4,6-7,10-11,14H2,1-3H3;4-6,11,14-16H,7-10,13H2,1-3H3;7-10,12H,6H2,1-5H3;4*1-6,8-9H;;;;/q8*-1;;;;. The van der Waals surface area contributed by atoms with Gasteiger partial charge in [-0.1, -0.05) is 238 Å². The molecule has 0 atom stereocenters. The Hall–Kier alpha value is -9.58. The molecule has 16 heteroatoms. The second-order valence-corrected chi connectivity index (χ2v) is 62.2. The number of rotatable bonds is 19. The van der Waals surface area contributed by atoms with E-state index in [-0.39, 0.29) is 80.4 Å². The molecule has 0 amide bonds. The minimum absolute atomic E-state index is 0. The molecule has 6 aliphatic carbocycles. The van der Waals surface area contributed by atoms with Crippen molar-refractivity contribution in [2.24, 2.45) is 41.4 Å². The van der Waals surface area contributed by atoms with Crippen molar-refractivity contribution in [3.8, 4) is 90.1 Å². The zero-order valence-corrected chi connectivity index (χ0v) is 99.5. The third kappa shape index (κ3) is 34.8. The van der Waals surface area contributed by atoms with E-state index in [0.29, 0.717) is 0 Å². The summed E-state index contributed by atoms with van der Waals surface area (Å²) in [6.07, 6.45) is 38.8. The molecule has 22 rings (SSSR count). The van der Waals surface area contributed by atoms with Gasteiger partial charge in [0.15, 0.2) is 0 Å². The average Bonchev–Trinajstić information content (AvgIpc) is 0.778. The van der Waals surface area contributed by atoms with Crippen LogP contribution in [-0.4, -0.2) is 72.2 Å². The van der Waals surface area contributed by atoms with Crippen molar-refractivity contribution in [3.63, 3.8) is 0 Å². The van der Waals surface area contributed by atoms with Crippen LogP contribution in [0.15, 0.2) is 335 Å². The molecule has 4 radical (unpaired) electrons. The fourth-order valence-corrected chi connectivity index (χ4v) is 28.1. The summed E-state index contributed by atoms with van der Waals surface area (Å²) in [5.41, 5.74) is 24.2. The van der Waals surface area contributed by atoms with Gasteiger partial charge in [0.2, 0.25) is 0 Å². The van der Waals surface area contributed by atoms with Gasteiger partial charge >= 0.3 is 0 Å². The molecule has 4 bridgehead atoms. The molecule has 8 aromatic carbocycles. The second-order valence-electron chi connectivity index (χ2n) is 42.1. The molecule has 8 heterocycles. The van der Waals surface area contributed by atoms with Gasteiger partial charge in [-0.15, -0.1) is 287 Å². The largest absolute Gasteiger partial charge is 0.305 e. The summed E-state index contributed by atoms with van der Waals surface area (Å²) in [7, 11) is -5.45. The van der Waals surface area contributed by atoms with Gasteiger partial charge in [0.05, 0.1) is 32.3 Å². The molecule has 0 saturated heterocycles. The van der Waals surface area contributed by atoms with E-state index in [1.54, 1.807) is 63.5 Å². The monoisotopic (exact) mass is 2660 g/mol. The fraction of sp³-hybridized carbons (Fsp3) is 0.307. The maximum absolute atomic E-state index is 4.86. The SMILES string of the molecule is CCc1cc(-c2[c-]cccc2)nc(C)c1[Si](C)(C)C.C[Si](C)(C)c1cnc(-c2[c-]cccc2)cc1CC1C2CC3CC(C2)CC1C3.C[Si](C)(C)c1cnc(-c2[c-]cccc2)cc1CC1CCCC1.C[Si](C)(C)c1cnc(-c2[c-]cccc2)cc1CC1CCCCC1.[Ir].[Ir].[Ir].[Ir].[c-]1ccccc1-c1ccccn1.[c-]1ccccc1-c1ccccn1.[c-]1ccccc1-c1ccccn1.[c-]1ccccc1-c1ccccn1. The van der Waals surface area contributed by atoms with E-state index < -0.39 is 32.3 Å². The Bertz CT molecular complexity index is 5860. The molecule has 8 aromatic heterocycles. The molecule has 6 fully saturated rings. The Kier molecular flexibility index (Phi) is 46.4. The van der Waals surface area contributed by atoms with Crippen molar-refractivity contribution >= 4 is 53.0 Å². The first-order valence-corrected chi connectivity index (χ1v) is 64.7. The van der Waals surface area contributed by atoms with Crippen molar-refractivity contribution in [1.29, 1.82) is 0 Å². The number of nitrogens with zero attached hydrogens (tertiary/aromatic N) is 8. The van der Waals surface area contributed by atoms with Crippen LogP contribution in [0.25, 0.3) is 90.1 Å². The van der Waals surface area contributed by atoms with Crippen LogP contribution < -0.4 is 20.7 Å². The van der Waals surface area contributed by atoms with Crippen LogP contribution in [0, 0.1) is 96.9 Å². The number of hydrogen-bond acceptors (Lipinski definition) is 8. The number of aromatic nitrogens is 8. The Labute approximate surface area is 915 Å². The van der Waals surface area contributed by atoms with Crippen LogP contribution in [0.2, 0.25) is 78.6 Å². The van der Waals surface area contributed by atoms with Crippen LogP contribution >= 0.6 is 0 Å². The smallest absolute Gasteiger partial charge is 0.0802 e. The molecular weight excluding hydrogens is 2520 g/mol. The number of pyridine rings is 8. The summed E-state index contributed by atoms with van der Waals surface area (Å²) in [5.74, 6) is 6.78. The Balaban J connectivity index is 0.000000170. The van der Waals surface area contributed by atoms with Crippen LogP contribution in [0.5, 0.6) is 0 Å². The zero-order chi connectivity index (χ0) is 97.4. The minimum atomic E-state index is -1.40. The van der Waals surface area contributed by atoms with Crippen LogP contribution in [0.1, 0.15) is 125 Å². The normalized spacial score (nSPS) is 16.0. The van der Waals surface area contributed by atoms with Gasteiger partial charge in [0.1, 0.15) is 0 Å². The summed E-state index contributed by atoms with van der Waals surface area (Å²) < 4.78 is 0. The van der Waals surface area contributed by atoms with Gasteiger partial charge in [-0.25, -0.2) is 0 Å². The molecular formula is C127H140Ir4N8Si4-8. The van der Waals surface area contributed by atoms with Crippen LogP contribution in [0.4, 0.5) is 0 Å². The van der Waals surface area contributed by atoms with Crippen molar-refractivity contribution < 1.29 is 80.4 Å². The Morgan fingerprint density at radius 2 is 0.517 bits per heavy atom. The third-order valence-corrected chi connectivity index (χ3v) is 35.8. The number of hydrogen-bond donors (Lipinski definition) is 0. The predicted octanol–water partition coefficient (Wildman–Crippen LogP) is 29.9.